The monoisotopic (exact) mass is 493 g/mol. The predicted molar refractivity (Wildman–Crippen MR) is 135 cm³/mol. The van der Waals surface area contributed by atoms with Crippen molar-refractivity contribution in [2.24, 2.45) is 0 Å². The van der Waals surface area contributed by atoms with Crippen molar-refractivity contribution in [2.45, 2.75) is 13.0 Å². The second-order valence-corrected chi connectivity index (χ2v) is 7.82. The van der Waals surface area contributed by atoms with E-state index in [4.69, 9.17) is 21.7 Å². The van der Waals surface area contributed by atoms with Crippen molar-refractivity contribution in [3.8, 4) is 11.5 Å². The van der Waals surface area contributed by atoms with Crippen LogP contribution in [-0.2, 0) is 22.6 Å². The minimum absolute atomic E-state index is 0.00946. The third kappa shape index (κ3) is 5.79. The number of carbonyl (C=O) groups is 2. The van der Waals surface area contributed by atoms with Crippen LogP contribution in [0.15, 0.2) is 67.3 Å². The number of carbonyl (C=O) groups excluding carboxylic acids is 2. The third-order valence-electron chi connectivity index (χ3n) is 5.08. The maximum Gasteiger partial charge on any atom is 0.269 e. The van der Waals surface area contributed by atoms with Gasteiger partial charge in [0.2, 0.25) is 0 Å². The first kappa shape index (κ1) is 25.3. The number of non-ortho nitro benzene ring substituents is 1. The molecule has 0 aromatic heterocycles. The standard InChI is InChI=1S/C25H23N3O6S/c1-4-6-18-12-17(13-20-23(29)26-25(35)27(11-5-2)24(20)30)14-21(33-3)22(18)34-15-16-7-9-19(10-8-16)28(31)32/h4-5,7-10,12-14H,1-2,6,11,15H2,3H3,(H,26,29,35)/b20-13+. The number of hydrogen-bond donors (Lipinski definition) is 1. The van der Waals surface area contributed by atoms with Crippen LogP contribution in [0.25, 0.3) is 6.08 Å². The van der Waals surface area contributed by atoms with E-state index in [0.717, 1.165) is 11.1 Å². The van der Waals surface area contributed by atoms with Gasteiger partial charge in [0, 0.05) is 24.2 Å². The molecule has 9 nitrogen and oxygen atoms in total. The quantitative estimate of drug-likeness (QED) is 0.134. The molecule has 0 bridgehead atoms. The van der Waals surface area contributed by atoms with Gasteiger partial charge in [-0.1, -0.05) is 12.2 Å². The lowest BCUT2D eigenvalue weighted by Gasteiger charge is -2.27. The van der Waals surface area contributed by atoms with Gasteiger partial charge in [-0.15, -0.1) is 13.2 Å². The number of hydrogen-bond acceptors (Lipinski definition) is 7. The smallest absolute Gasteiger partial charge is 0.269 e. The number of nitro groups is 1. The number of nitro benzene ring substituents is 1. The van der Waals surface area contributed by atoms with Crippen molar-refractivity contribution in [3.05, 3.63) is 94.1 Å². The van der Waals surface area contributed by atoms with Crippen LogP contribution in [0.5, 0.6) is 11.5 Å². The lowest BCUT2D eigenvalue weighted by Crippen LogP contribution is -2.53. The van der Waals surface area contributed by atoms with E-state index in [9.17, 15) is 19.7 Å². The lowest BCUT2D eigenvalue weighted by molar-refractivity contribution is -0.384. The lowest BCUT2D eigenvalue weighted by atomic mass is 10.0. The number of nitrogens with zero attached hydrogens (tertiary/aromatic N) is 2. The van der Waals surface area contributed by atoms with Gasteiger partial charge in [-0.3, -0.25) is 29.9 Å². The van der Waals surface area contributed by atoms with E-state index in [0.29, 0.717) is 23.5 Å². The molecule has 1 aliphatic rings. The molecular weight excluding hydrogens is 470 g/mol. The summed E-state index contributed by atoms with van der Waals surface area (Å²) in [4.78, 5) is 37.0. The Balaban J connectivity index is 1.94. The first-order valence-electron chi connectivity index (χ1n) is 10.5. The number of amides is 2. The summed E-state index contributed by atoms with van der Waals surface area (Å²) < 4.78 is 11.5. The third-order valence-corrected chi connectivity index (χ3v) is 5.40. The van der Waals surface area contributed by atoms with E-state index >= 15 is 0 Å². The van der Waals surface area contributed by atoms with Crippen molar-refractivity contribution in [1.82, 2.24) is 10.2 Å². The van der Waals surface area contributed by atoms with Gasteiger partial charge in [0.05, 0.1) is 12.0 Å². The fourth-order valence-corrected chi connectivity index (χ4v) is 3.66. The van der Waals surface area contributed by atoms with Gasteiger partial charge in [0.25, 0.3) is 17.5 Å². The summed E-state index contributed by atoms with van der Waals surface area (Å²) in [5.41, 5.74) is 1.91. The number of methoxy groups -OCH3 is 1. The van der Waals surface area contributed by atoms with Crippen LogP contribution in [0.4, 0.5) is 5.69 Å². The highest BCUT2D eigenvalue weighted by Crippen LogP contribution is 2.35. The molecule has 0 unspecified atom stereocenters. The zero-order valence-electron chi connectivity index (χ0n) is 19.0. The predicted octanol–water partition coefficient (Wildman–Crippen LogP) is 3.72. The molecule has 3 rings (SSSR count). The number of allylic oxidation sites excluding steroid dienone is 1. The van der Waals surface area contributed by atoms with Crippen LogP contribution in [0, 0.1) is 10.1 Å². The van der Waals surface area contributed by atoms with Gasteiger partial charge in [0.1, 0.15) is 12.2 Å². The molecule has 1 N–H and O–H groups in total. The van der Waals surface area contributed by atoms with Crippen LogP contribution < -0.4 is 14.8 Å². The Kier molecular flexibility index (Phi) is 8.11. The Bertz CT molecular complexity index is 1240. The second-order valence-electron chi connectivity index (χ2n) is 7.44. The molecular formula is C25H23N3O6S. The highest BCUT2D eigenvalue weighted by Gasteiger charge is 2.32. The Labute approximate surface area is 207 Å². The second kappa shape index (κ2) is 11.2. The topological polar surface area (TPSA) is 111 Å². The van der Waals surface area contributed by atoms with E-state index in [2.05, 4.69) is 18.5 Å². The summed E-state index contributed by atoms with van der Waals surface area (Å²) in [6.07, 6.45) is 5.09. The molecule has 0 saturated carbocycles. The number of ether oxygens (including phenoxy) is 2. The van der Waals surface area contributed by atoms with Gasteiger partial charge in [-0.25, -0.2) is 0 Å². The maximum atomic E-state index is 12.8. The van der Waals surface area contributed by atoms with E-state index in [1.807, 2.05) is 0 Å². The normalized spacial score (nSPS) is 14.5. The molecule has 1 fully saturated rings. The van der Waals surface area contributed by atoms with E-state index < -0.39 is 16.7 Å². The Morgan fingerprint density at radius 2 is 1.89 bits per heavy atom. The first-order chi connectivity index (χ1) is 16.8. The van der Waals surface area contributed by atoms with E-state index in [1.165, 1.54) is 36.3 Å². The molecule has 1 heterocycles. The maximum absolute atomic E-state index is 12.8. The molecule has 0 aliphatic carbocycles. The number of nitrogens with one attached hydrogen (secondary N) is 1. The van der Waals surface area contributed by atoms with Crippen LogP contribution in [-0.4, -0.2) is 40.4 Å². The Morgan fingerprint density at radius 3 is 2.49 bits per heavy atom. The summed E-state index contributed by atoms with van der Waals surface area (Å²) in [7, 11) is 1.48. The highest BCUT2D eigenvalue weighted by atomic mass is 32.1. The molecule has 2 aromatic carbocycles. The summed E-state index contributed by atoms with van der Waals surface area (Å²) in [5, 5.41) is 13.4. The SMILES string of the molecule is C=CCc1cc(/C=C2\C(=O)NC(=S)N(CC=C)C2=O)cc(OC)c1OCc1ccc([N+](=O)[O-])cc1. The molecule has 0 radical (unpaired) electrons. The minimum atomic E-state index is -0.594. The molecule has 2 aromatic rings. The average molecular weight is 494 g/mol. The number of rotatable bonds is 10. The molecule has 10 heteroatoms. The highest BCUT2D eigenvalue weighted by molar-refractivity contribution is 7.80. The van der Waals surface area contributed by atoms with Crippen LogP contribution in [0.2, 0.25) is 0 Å². The van der Waals surface area contributed by atoms with Crippen LogP contribution >= 0.6 is 12.2 Å². The average Bonchev–Trinajstić information content (AvgIpc) is 2.83. The van der Waals surface area contributed by atoms with Crippen LogP contribution in [0.1, 0.15) is 16.7 Å². The van der Waals surface area contributed by atoms with Gasteiger partial charge in [-0.05, 0) is 60.1 Å². The molecule has 35 heavy (non-hydrogen) atoms. The zero-order valence-corrected chi connectivity index (χ0v) is 19.8. The summed E-state index contributed by atoms with van der Waals surface area (Å²) in [6.45, 7) is 7.70. The van der Waals surface area contributed by atoms with E-state index in [-0.39, 0.29) is 29.5 Å². The largest absolute Gasteiger partial charge is 0.493 e. The van der Waals surface area contributed by atoms with Crippen molar-refractivity contribution in [2.75, 3.05) is 13.7 Å². The van der Waals surface area contributed by atoms with Crippen molar-refractivity contribution >= 4 is 40.9 Å². The molecule has 2 amide bonds. The summed E-state index contributed by atoms with van der Waals surface area (Å²) in [6, 6.07) is 9.46. The first-order valence-corrected chi connectivity index (χ1v) is 10.9. The van der Waals surface area contributed by atoms with Crippen molar-refractivity contribution < 1.29 is 24.0 Å². The summed E-state index contributed by atoms with van der Waals surface area (Å²) in [5.74, 6) is -0.272. The number of thiocarbonyl (C=S) groups is 1. The van der Waals surface area contributed by atoms with Crippen molar-refractivity contribution in [3.63, 3.8) is 0 Å². The molecule has 1 saturated heterocycles. The van der Waals surface area contributed by atoms with Gasteiger partial charge in [0.15, 0.2) is 16.6 Å². The molecule has 1 aliphatic heterocycles. The van der Waals surface area contributed by atoms with Crippen LogP contribution in [0.3, 0.4) is 0 Å². The summed E-state index contributed by atoms with van der Waals surface area (Å²) >= 11 is 5.08. The molecule has 0 spiro atoms. The fourth-order valence-electron chi connectivity index (χ4n) is 3.41. The van der Waals surface area contributed by atoms with Crippen molar-refractivity contribution in [1.29, 1.82) is 0 Å². The minimum Gasteiger partial charge on any atom is -0.493 e. The fraction of sp³-hybridized carbons (Fsp3) is 0.160. The van der Waals surface area contributed by atoms with Gasteiger partial charge >= 0.3 is 0 Å². The Hall–Kier alpha value is -4.31. The van der Waals surface area contributed by atoms with E-state index in [1.54, 1.807) is 30.3 Å². The number of benzene rings is 2. The molecule has 180 valence electrons. The zero-order chi connectivity index (χ0) is 25.5. The van der Waals surface area contributed by atoms with Gasteiger partial charge in [-0.2, -0.15) is 0 Å². The molecule has 0 atom stereocenters. The Morgan fingerprint density at radius 1 is 1.17 bits per heavy atom. The van der Waals surface area contributed by atoms with Gasteiger partial charge < -0.3 is 9.47 Å².